The van der Waals surface area contributed by atoms with Gasteiger partial charge in [-0.05, 0) is 26.8 Å². The second kappa shape index (κ2) is 4.72. The minimum atomic E-state index is 0.287. The average molecular weight is 225 g/mol. The SMILES string of the molecule is CC1CC(NC2CCC(=O)N(C)C2)CN1C. The van der Waals surface area contributed by atoms with Crippen LogP contribution in [0.3, 0.4) is 0 Å². The number of hydrogen-bond acceptors (Lipinski definition) is 3. The first-order chi connectivity index (χ1) is 7.56. The summed E-state index contributed by atoms with van der Waals surface area (Å²) in [6.45, 7) is 4.28. The van der Waals surface area contributed by atoms with Crippen LogP contribution in [0.5, 0.6) is 0 Å². The molecule has 2 fully saturated rings. The third-order valence-corrected chi connectivity index (χ3v) is 3.98. The van der Waals surface area contributed by atoms with Crippen LogP contribution in [-0.2, 0) is 4.79 Å². The molecule has 4 nitrogen and oxygen atoms in total. The predicted octanol–water partition coefficient (Wildman–Crippen LogP) is 0.289. The molecule has 92 valence electrons. The van der Waals surface area contributed by atoms with Gasteiger partial charge in [0.1, 0.15) is 0 Å². The van der Waals surface area contributed by atoms with Gasteiger partial charge in [-0.3, -0.25) is 4.79 Å². The molecule has 2 saturated heterocycles. The van der Waals surface area contributed by atoms with Crippen molar-refractivity contribution in [3.63, 3.8) is 0 Å². The van der Waals surface area contributed by atoms with Crippen molar-refractivity contribution >= 4 is 5.91 Å². The maximum absolute atomic E-state index is 11.4. The lowest BCUT2D eigenvalue weighted by Crippen LogP contribution is -2.50. The van der Waals surface area contributed by atoms with Crippen LogP contribution in [0.2, 0.25) is 0 Å². The van der Waals surface area contributed by atoms with E-state index in [1.807, 2.05) is 11.9 Å². The third kappa shape index (κ3) is 2.55. The Bertz CT molecular complexity index is 259. The average Bonchev–Trinajstić information content (AvgIpc) is 2.52. The number of hydrogen-bond donors (Lipinski definition) is 1. The highest BCUT2D eigenvalue weighted by Gasteiger charge is 2.30. The summed E-state index contributed by atoms with van der Waals surface area (Å²) in [5, 5.41) is 3.69. The molecule has 4 heteroatoms. The quantitative estimate of drug-likeness (QED) is 0.734. The maximum Gasteiger partial charge on any atom is 0.222 e. The number of carbonyl (C=O) groups is 1. The fourth-order valence-corrected chi connectivity index (χ4v) is 2.80. The van der Waals surface area contributed by atoms with E-state index in [4.69, 9.17) is 0 Å². The molecule has 2 heterocycles. The van der Waals surface area contributed by atoms with Crippen LogP contribution in [0.1, 0.15) is 26.2 Å². The lowest BCUT2D eigenvalue weighted by molar-refractivity contribution is -0.132. The molecule has 0 aliphatic carbocycles. The van der Waals surface area contributed by atoms with Gasteiger partial charge in [-0.1, -0.05) is 0 Å². The molecule has 16 heavy (non-hydrogen) atoms. The van der Waals surface area contributed by atoms with Crippen LogP contribution < -0.4 is 5.32 Å². The van der Waals surface area contributed by atoms with Gasteiger partial charge >= 0.3 is 0 Å². The molecule has 3 atom stereocenters. The Morgan fingerprint density at radius 1 is 1.25 bits per heavy atom. The van der Waals surface area contributed by atoms with E-state index in [0.29, 0.717) is 24.5 Å². The fourth-order valence-electron chi connectivity index (χ4n) is 2.80. The molecule has 2 aliphatic rings. The van der Waals surface area contributed by atoms with Crippen LogP contribution in [0.15, 0.2) is 0 Å². The molecule has 0 spiro atoms. The monoisotopic (exact) mass is 225 g/mol. The van der Waals surface area contributed by atoms with Crippen molar-refractivity contribution in [2.75, 3.05) is 27.2 Å². The lowest BCUT2D eigenvalue weighted by atomic mass is 10.0. The van der Waals surface area contributed by atoms with Gasteiger partial charge in [0.05, 0.1) is 0 Å². The van der Waals surface area contributed by atoms with Gasteiger partial charge < -0.3 is 15.1 Å². The number of likely N-dealkylation sites (tertiary alicyclic amines) is 2. The minimum absolute atomic E-state index is 0.287. The van der Waals surface area contributed by atoms with Gasteiger partial charge in [0.25, 0.3) is 0 Å². The van der Waals surface area contributed by atoms with E-state index in [9.17, 15) is 4.79 Å². The van der Waals surface area contributed by atoms with E-state index in [2.05, 4.69) is 24.2 Å². The summed E-state index contributed by atoms with van der Waals surface area (Å²) >= 11 is 0. The summed E-state index contributed by atoms with van der Waals surface area (Å²) in [4.78, 5) is 15.6. The van der Waals surface area contributed by atoms with Crippen LogP contribution in [0.25, 0.3) is 0 Å². The summed E-state index contributed by atoms with van der Waals surface area (Å²) in [6, 6.07) is 1.78. The van der Waals surface area contributed by atoms with Crippen molar-refractivity contribution in [1.82, 2.24) is 15.1 Å². The first-order valence-corrected chi connectivity index (χ1v) is 6.26. The second-order valence-corrected chi connectivity index (χ2v) is 5.40. The summed E-state index contributed by atoms with van der Waals surface area (Å²) in [6.07, 6.45) is 2.93. The molecule has 3 unspecified atom stereocenters. The van der Waals surface area contributed by atoms with Gasteiger partial charge in [-0.2, -0.15) is 0 Å². The summed E-state index contributed by atoms with van der Waals surface area (Å²) < 4.78 is 0. The van der Waals surface area contributed by atoms with Gasteiger partial charge in [-0.25, -0.2) is 0 Å². The Balaban J connectivity index is 1.80. The van der Waals surface area contributed by atoms with Crippen molar-refractivity contribution in [2.24, 2.45) is 0 Å². The fraction of sp³-hybridized carbons (Fsp3) is 0.917. The number of amides is 1. The van der Waals surface area contributed by atoms with E-state index in [1.165, 1.54) is 6.42 Å². The molecule has 0 aromatic rings. The van der Waals surface area contributed by atoms with Gasteiger partial charge in [0, 0.05) is 44.7 Å². The highest BCUT2D eigenvalue weighted by atomic mass is 16.2. The normalized spacial score (nSPS) is 37.1. The highest BCUT2D eigenvalue weighted by molar-refractivity contribution is 5.76. The zero-order valence-electron chi connectivity index (χ0n) is 10.6. The Morgan fingerprint density at radius 2 is 2.00 bits per heavy atom. The Kier molecular flexibility index (Phi) is 3.50. The molecular formula is C12H23N3O. The third-order valence-electron chi connectivity index (χ3n) is 3.98. The molecule has 1 amide bonds. The van der Waals surface area contributed by atoms with Gasteiger partial charge in [0.15, 0.2) is 0 Å². The number of nitrogens with zero attached hydrogens (tertiary/aromatic N) is 2. The molecule has 1 N–H and O–H groups in total. The first kappa shape index (κ1) is 11.9. The summed E-state index contributed by atoms with van der Waals surface area (Å²) in [7, 11) is 4.09. The zero-order chi connectivity index (χ0) is 11.7. The van der Waals surface area contributed by atoms with E-state index in [0.717, 1.165) is 19.5 Å². The molecule has 0 saturated carbocycles. The second-order valence-electron chi connectivity index (χ2n) is 5.40. The Hall–Kier alpha value is -0.610. The lowest BCUT2D eigenvalue weighted by Gasteiger charge is -2.32. The summed E-state index contributed by atoms with van der Waals surface area (Å²) in [5.41, 5.74) is 0. The number of rotatable bonds is 2. The van der Waals surface area contributed by atoms with Crippen LogP contribution in [0, 0.1) is 0 Å². The van der Waals surface area contributed by atoms with E-state index < -0.39 is 0 Å². The predicted molar refractivity (Wildman–Crippen MR) is 64.3 cm³/mol. The highest BCUT2D eigenvalue weighted by Crippen LogP contribution is 2.17. The first-order valence-electron chi connectivity index (χ1n) is 6.26. The van der Waals surface area contributed by atoms with Gasteiger partial charge in [0.2, 0.25) is 5.91 Å². The number of nitrogens with one attached hydrogen (secondary N) is 1. The molecule has 2 aliphatic heterocycles. The van der Waals surface area contributed by atoms with E-state index in [1.54, 1.807) is 0 Å². The molecule has 0 radical (unpaired) electrons. The smallest absolute Gasteiger partial charge is 0.222 e. The van der Waals surface area contributed by atoms with Crippen molar-refractivity contribution in [3.05, 3.63) is 0 Å². The largest absolute Gasteiger partial charge is 0.344 e. The van der Waals surface area contributed by atoms with E-state index in [-0.39, 0.29) is 5.91 Å². The minimum Gasteiger partial charge on any atom is -0.344 e. The van der Waals surface area contributed by atoms with Crippen molar-refractivity contribution in [2.45, 2.75) is 44.3 Å². The molecular weight excluding hydrogens is 202 g/mol. The number of likely N-dealkylation sites (N-methyl/N-ethyl adjacent to an activating group) is 2. The number of carbonyl (C=O) groups excluding carboxylic acids is 1. The van der Waals surface area contributed by atoms with Crippen LogP contribution in [-0.4, -0.2) is 61.0 Å². The number of piperidine rings is 1. The van der Waals surface area contributed by atoms with Crippen molar-refractivity contribution in [3.8, 4) is 0 Å². The summed E-state index contributed by atoms with van der Waals surface area (Å²) in [5.74, 6) is 0.287. The standard InChI is InChI=1S/C12H23N3O/c1-9-6-11(8-14(9)2)13-10-4-5-12(16)15(3)7-10/h9-11,13H,4-8H2,1-3H3. The Morgan fingerprint density at radius 3 is 2.56 bits per heavy atom. The maximum atomic E-state index is 11.4. The Labute approximate surface area is 98.0 Å². The molecule has 0 bridgehead atoms. The topological polar surface area (TPSA) is 35.6 Å². The zero-order valence-corrected chi connectivity index (χ0v) is 10.6. The molecule has 0 aromatic heterocycles. The van der Waals surface area contributed by atoms with Crippen LogP contribution in [0.4, 0.5) is 0 Å². The molecule has 2 rings (SSSR count). The van der Waals surface area contributed by atoms with E-state index >= 15 is 0 Å². The van der Waals surface area contributed by atoms with Crippen molar-refractivity contribution in [1.29, 1.82) is 0 Å². The van der Waals surface area contributed by atoms with Crippen molar-refractivity contribution < 1.29 is 4.79 Å². The van der Waals surface area contributed by atoms with Crippen LogP contribution >= 0.6 is 0 Å². The molecule has 0 aromatic carbocycles. The van der Waals surface area contributed by atoms with Gasteiger partial charge in [-0.15, -0.1) is 0 Å².